The number of hydrogen-bond donors (Lipinski definition) is 2. The molecular weight excluding hydrogens is 308 g/mol. The van der Waals surface area contributed by atoms with Gasteiger partial charge in [-0.25, -0.2) is 4.79 Å². The van der Waals surface area contributed by atoms with Gasteiger partial charge in [-0.05, 0) is 25.5 Å². The van der Waals surface area contributed by atoms with E-state index in [1.54, 1.807) is 32.3 Å². The van der Waals surface area contributed by atoms with Crippen molar-refractivity contribution in [2.75, 3.05) is 7.05 Å². The summed E-state index contributed by atoms with van der Waals surface area (Å²) in [6.45, 7) is 3.55. The average molecular weight is 326 g/mol. The van der Waals surface area contributed by atoms with Crippen LogP contribution in [0, 0.1) is 11.8 Å². The highest BCUT2D eigenvalue weighted by Crippen LogP contribution is 2.20. The number of nitrogens with one attached hydrogen (secondary N) is 1. The van der Waals surface area contributed by atoms with Crippen molar-refractivity contribution >= 4 is 24.0 Å². The van der Waals surface area contributed by atoms with Crippen molar-refractivity contribution in [3.63, 3.8) is 0 Å². The Kier molecular flexibility index (Phi) is 4.99. The number of carbonyl (C=O) groups excluding carboxylic acids is 1. The maximum Gasteiger partial charge on any atom is 0.434 e. The van der Waals surface area contributed by atoms with Crippen molar-refractivity contribution in [2.45, 2.75) is 25.8 Å². The minimum Gasteiger partial charge on any atom is -0.463 e. The fraction of sp³-hybridized carbons (Fsp3) is 0.294. The van der Waals surface area contributed by atoms with Crippen molar-refractivity contribution in [2.24, 2.45) is 4.99 Å². The van der Waals surface area contributed by atoms with Crippen molar-refractivity contribution in [3.05, 3.63) is 35.7 Å². The smallest absolute Gasteiger partial charge is 0.434 e. The molecule has 1 saturated heterocycles. The van der Waals surface area contributed by atoms with Gasteiger partial charge in [-0.15, -0.1) is 10.9 Å². The number of amides is 2. The third-order valence-electron chi connectivity index (χ3n) is 3.48. The maximum atomic E-state index is 12.1. The molecule has 0 spiro atoms. The number of rotatable bonds is 2. The molecule has 124 valence electrons. The molecule has 1 aliphatic rings. The molecule has 1 aromatic heterocycles. The minimum absolute atomic E-state index is 0.00891. The van der Waals surface area contributed by atoms with E-state index >= 15 is 0 Å². The summed E-state index contributed by atoms with van der Waals surface area (Å²) >= 11 is 0. The van der Waals surface area contributed by atoms with Gasteiger partial charge in [-0.2, -0.15) is 0 Å². The van der Waals surface area contributed by atoms with Crippen molar-refractivity contribution in [1.29, 1.82) is 0 Å². The second-order valence-electron chi connectivity index (χ2n) is 5.61. The molecule has 1 unspecified atom stereocenters. The number of carbonyl (C=O) groups is 2. The highest BCUT2D eigenvalue weighted by Gasteiger charge is 2.35. The first-order valence-corrected chi connectivity index (χ1v) is 7.26. The van der Waals surface area contributed by atoms with Crippen LogP contribution in [-0.2, 0) is 4.79 Å². The third kappa shape index (κ3) is 4.20. The van der Waals surface area contributed by atoms with Crippen LogP contribution in [0.15, 0.2) is 29.5 Å². The van der Waals surface area contributed by atoms with Gasteiger partial charge in [0.2, 0.25) is 11.9 Å². The number of hydrogen-bond acceptors (Lipinski definition) is 3. The Morgan fingerprint density at radius 3 is 2.96 bits per heavy atom. The first-order valence-electron chi connectivity index (χ1n) is 7.26. The zero-order chi connectivity index (χ0) is 17.7. The standard InChI is InChI=1S/C17H18N4O3/c1-4-5-12-8-13(11-18-10-12)6-7-17(2)9-14(22)21(3)15(20-17)19-16(23)24/h6-8,10-11H,9H2,1-3H3,(H,19,20)(H,23,24). The van der Waals surface area contributed by atoms with Crippen LogP contribution in [-0.4, -0.2) is 45.5 Å². The van der Waals surface area contributed by atoms with Crippen LogP contribution < -0.4 is 5.32 Å². The van der Waals surface area contributed by atoms with Crippen LogP contribution in [0.3, 0.4) is 0 Å². The van der Waals surface area contributed by atoms with E-state index in [0.717, 1.165) is 11.1 Å². The monoisotopic (exact) mass is 326 g/mol. The van der Waals surface area contributed by atoms with Gasteiger partial charge in [0, 0.05) is 25.0 Å². The highest BCUT2D eigenvalue weighted by atomic mass is 16.4. The highest BCUT2D eigenvalue weighted by molar-refractivity contribution is 6.03. The lowest BCUT2D eigenvalue weighted by Crippen LogP contribution is -2.59. The predicted molar refractivity (Wildman–Crippen MR) is 90.2 cm³/mol. The minimum atomic E-state index is -1.36. The van der Waals surface area contributed by atoms with Gasteiger partial charge in [-0.1, -0.05) is 18.1 Å². The molecule has 0 aromatic carbocycles. The lowest BCUT2D eigenvalue weighted by molar-refractivity contribution is -0.128. The summed E-state index contributed by atoms with van der Waals surface area (Å²) in [6.07, 6.45) is 5.79. The van der Waals surface area contributed by atoms with E-state index in [4.69, 9.17) is 5.11 Å². The molecule has 1 fully saturated rings. The normalized spacial score (nSPS) is 22.2. The van der Waals surface area contributed by atoms with Gasteiger partial charge in [-0.3, -0.25) is 14.7 Å². The van der Waals surface area contributed by atoms with Gasteiger partial charge >= 0.3 is 6.09 Å². The van der Waals surface area contributed by atoms with Crippen LogP contribution in [0.5, 0.6) is 0 Å². The molecule has 2 heterocycles. The predicted octanol–water partition coefficient (Wildman–Crippen LogP) is 1.71. The Morgan fingerprint density at radius 1 is 1.54 bits per heavy atom. The number of aliphatic imine (C=N–C) groups is 1. The van der Waals surface area contributed by atoms with Crippen molar-refractivity contribution < 1.29 is 14.7 Å². The van der Waals surface area contributed by atoms with E-state index in [-0.39, 0.29) is 18.3 Å². The summed E-state index contributed by atoms with van der Waals surface area (Å²) in [6, 6.07) is 1.88. The van der Waals surface area contributed by atoms with Gasteiger partial charge in [0.1, 0.15) is 0 Å². The molecule has 0 aliphatic carbocycles. The van der Waals surface area contributed by atoms with Crippen LogP contribution in [0.2, 0.25) is 0 Å². The lowest BCUT2D eigenvalue weighted by Gasteiger charge is -2.37. The molecule has 7 heteroatoms. The largest absolute Gasteiger partial charge is 0.463 e. The van der Waals surface area contributed by atoms with Crippen molar-refractivity contribution in [3.8, 4) is 11.8 Å². The van der Waals surface area contributed by atoms with Crippen LogP contribution in [0.4, 0.5) is 4.79 Å². The summed E-state index contributed by atoms with van der Waals surface area (Å²) in [5.41, 5.74) is 0.886. The third-order valence-corrected chi connectivity index (χ3v) is 3.48. The maximum absolute atomic E-state index is 12.1. The lowest BCUT2D eigenvalue weighted by atomic mass is 9.93. The first kappa shape index (κ1) is 17.2. The van der Waals surface area contributed by atoms with E-state index in [1.165, 1.54) is 11.9 Å². The van der Waals surface area contributed by atoms with Gasteiger partial charge in [0.25, 0.3) is 0 Å². The SMILES string of the molecule is CC#Cc1cncc(C=CC2(C)CC(=O)N(C)C(=NC(=O)O)N2)c1. The number of pyridine rings is 1. The quantitative estimate of drug-likeness (QED) is 0.807. The van der Waals surface area contributed by atoms with E-state index < -0.39 is 11.6 Å². The molecule has 2 N–H and O–H groups in total. The van der Waals surface area contributed by atoms with E-state index in [9.17, 15) is 9.59 Å². The van der Waals surface area contributed by atoms with E-state index in [1.807, 2.05) is 12.1 Å². The topological polar surface area (TPSA) is 94.9 Å². The summed E-state index contributed by atoms with van der Waals surface area (Å²) in [4.78, 5) is 31.6. The molecule has 0 bridgehead atoms. The number of nitrogens with zero attached hydrogens (tertiary/aromatic N) is 3. The Hall–Kier alpha value is -3.14. The van der Waals surface area contributed by atoms with Gasteiger partial charge < -0.3 is 10.4 Å². The molecule has 0 saturated carbocycles. The Bertz CT molecular complexity index is 789. The fourth-order valence-corrected chi connectivity index (χ4v) is 2.27. The zero-order valence-electron chi connectivity index (χ0n) is 13.7. The second kappa shape index (κ2) is 6.96. The summed E-state index contributed by atoms with van der Waals surface area (Å²) in [7, 11) is 1.48. The van der Waals surface area contributed by atoms with Gasteiger partial charge in [0.15, 0.2) is 0 Å². The molecule has 0 radical (unpaired) electrons. The summed E-state index contributed by atoms with van der Waals surface area (Å²) in [5.74, 6) is 5.53. The zero-order valence-corrected chi connectivity index (χ0v) is 13.7. The van der Waals surface area contributed by atoms with E-state index in [0.29, 0.717) is 0 Å². The Balaban J connectivity index is 2.26. The second-order valence-corrected chi connectivity index (χ2v) is 5.61. The number of aromatic nitrogens is 1. The molecule has 2 rings (SSSR count). The fourth-order valence-electron chi connectivity index (χ4n) is 2.27. The molecular formula is C17H18N4O3. The van der Waals surface area contributed by atoms with Crippen LogP contribution in [0.1, 0.15) is 31.4 Å². The number of guanidine groups is 1. The first-order chi connectivity index (χ1) is 11.3. The van der Waals surface area contributed by atoms with Crippen molar-refractivity contribution in [1.82, 2.24) is 15.2 Å². The average Bonchev–Trinajstić information content (AvgIpc) is 2.51. The summed E-state index contributed by atoms with van der Waals surface area (Å²) < 4.78 is 0. The Labute approximate surface area is 140 Å². The van der Waals surface area contributed by atoms with Gasteiger partial charge in [0.05, 0.1) is 12.0 Å². The Morgan fingerprint density at radius 2 is 2.29 bits per heavy atom. The molecule has 7 nitrogen and oxygen atoms in total. The molecule has 2 amide bonds. The summed E-state index contributed by atoms with van der Waals surface area (Å²) in [5, 5.41) is 11.8. The van der Waals surface area contributed by atoms with E-state index in [2.05, 4.69) is 27.1 Å². The van der Waals surface area contributed by atoms with Crippen LogP contribution >= 0.6 is 0 Å². The van der Waals surface area contributed by atoms with Crippen LogP contribution in [0.25, 0.3) is 6.08 Å². The molecule has 1 aromatic rings. The molecule has 24 heavy (non-hydrogen) atoms. The molecule has 1 aliphatic heterocycles. The number of carboxylic acid groups (broad SMARTS) is 1. The molecule has 1 atom stereocenters.